The van der Waals surface area contributed by atoms with Crippen LogP contribution in [0.3, 0.4) is 0 Å². The molecule has 0 fully saturated rings. The standard InChI is InChI=1S/C6H12O2.C4H6O3/c1-5(2)4-8-6(3)7;1-3(5)2-4(6)7/h5H,4H2,1-3H3;2H2,1H3,(H,6,7). The first-order valence-electron chi connectivity index (χ1n) is 4.60. The first-order valence-corrected chi connectivity index (χ1v) is 4.60. The minimum atomic E-state index is -1.06. The molecule has 5 nitrogen and oxygen atoms in total. The molecule has 0 aromatic carbocycles. The van der Waals surface area contributed by atoms with Crippen molar-refractivity contribution in [2.24, 2.45) is 5.92 Å². The van der Waals surface area contributed by atoms with Crippen molar-refractivity contribution in [1.82, 2.24) is 0 Å². The van der Waals surface area contributed by atoms with Crippen LogP contribution < -0.4 is 0 Å². The van der Waals surface area contributed by atoms with E-state index in [2.05, 4.69) is 4.74 Å². The number of rotatable bonds is 4. The second kappa shape index (κ2) is 9.18. The lowest BCUT2D eigenvalue weighted by Crippen LogP contribution is -2.05. The Balaban J connectivity index is 0. The molecule has 1 N–H and O–H groups in total. The molecule has 15 heavy (non-hydrogen) atoms. The fourth-order valence-electron chi connectivity index (χ4n) is 0.497. The van der Waals surface area contributed by atoms with Crippen LogP contribution in [0, 0.1) is 5.92 Å². The van der Waals surface area contributed by atoms with Crippen LogP contribution in [-0.2, 0) is 19.1 Å². The molecule has 0 atom stereocenters. The van der Waals surface area contributed by atoms with Crippen LogP contribution >= 0.6 is 0 Å². The number of esters is 1. The third-order valence-corrected chi connectivity index (χ3v) is 1.02. The zero-order chi connectivity index (χ0) is 12.4. The van der Waals surface area contributed by atoms with Crippen LogP contribution in [0.15, 0.2) is 0 Å². The van der Waals surface area contributed by atoms with E-state index in [1.54, 1.807) is 0 Å². The van der Waals surface area contributed by atoms with Gasteiger partial charge in [-0.25, -0.2) is 0 Å². The molecule has 0 aromatic heterocycles. The molecule has 0 saturated heterocycles. The van der Waals surface area contributed by atoms with Crippen molar-refractivity contribution in [2.75, 3.05) is 6.61 Å². The quantitative estimate of drug-likeness (QED) is 0.567. The summed E-state index contributed by atoms with van der Waals surface area (Å²) < 4.78 is 4.66. The van der Waals surface area contributed by atoms with Gasteiger partial charge in [0.2, 0.25) is 0 Å². The molecule has 0 aliphatic heterocycles. The fourth-order valence-corrected chi connectivity index (χ4v) is 0.497. The van der Waals surface area contributed by atoms with Crippen LogP contribution in [-0.4, -0.2) is 29.4 Å². The second-order valence-electron chi connectivity index (χ2n) is 3.47. The zero-order valence-electron chi connectivity index (χ0n) is 9.57. The zero-order valence-corrected chi connectivity index (χ0v) is 9.57. The molecule has 0 rings (SSSR count). The Hall–Kier alpha value is -1.39. The number of Topliss-reactive ketones (excluding diaryl/α,β-unsaturated/α-hetero) is 1. The Kier molecular flexibility index (Phi) is 9.82. The van der Waals surface area contributed by atoms with E-state index in [4.69, 9.17) is 5.11 Å². The predicted molar refractivity (Wildman–Crippen MR) is 54.4 cm³/mol. The van der Waals surface area contributed by atoms with E-state index >= 15 is 0 Å². The largest absolute Gasteiger partial charge is 0.481 e. The summed E-state index contributed by atoms with van der Waals surface area (Å²) >= 11 is 0. The first-order chi connectivity index (χ1) is 6.75. The number of ether oxygens (including phenoxy) is 1. The molecule has 88 valence electrons. The summed E-state index contributed by atoms with van der Waals surface area (Å²) in [7, 11) is 0. The van der Waals surface area contributed by atoms with Crippen LogP contribution in [0.4, 0.5) is 0 Å². The van der Waals surface area contributed by atoms with Gasteiger partial charge in [-0.15, -0.1) is 0 Å². The highest BCUT2D eigenvalue weighted by Gasteiger charge is 1.98. The van der Waals surface area contributed by atoms with Gasteiger partial charge in [-0.05, 0) is 12.8 Å². The first kappa shape index (κ1) is 16.1. The van der Waals surface area contributed by atoms with Gasteiger partial charge in [-0.2, -0.15) is 0 Å². The molecule has 0 aromatic rings. The van der Waals surface area contributed by atoms with E-state index < -0.39 is 5.97 Å². The van der Waals surface area contributed by atoms with Crippen LogP contribution in [0.2, 0.25) is 0 Å². The van der Waals surface area contributed by atoms with Gasteiger partial charge in [-0.3, -0.25) is 14.4 Å². The average molecular weight is 218 g/mol. The number of carboxylic acid groups (broad SMARTS) is 1. The van der Waals surface area contributed by atoms with E-state index in [1.807, 2.05) is 13.8 Å². The average Bonchev–Trinajstić information content (AvgIpc) is 1.99. The minimum absolute atomic E-state index is 0.196. The van der Waals surface area contributed by atoms with Crippen molar-refractivity contribution in [3.8, 4) is 0 Å². The summed E-state index contributed by atoms with van der Waals surface area (Å²) in [6, 6.07) is 0. The van der Waals surface area contributed by atoms with E-state index in [0.29, 0.717) is 12.5 Å². The van der Waals surface area contributed by atoms with Crippen molar-refractivity contribution in [1.29, 1.82) is 0 Å². The van der Waals surface area contributed by atoms with Gasteiger partial charge < -0.3 is 9.84 Å². The smallest absolute Gasteiger partial charge is 0.310 e. The maximum Gasteiger partial charge on any atom is 0.310 e. The summed E-state index contributed by atoms with van der Waals surface area (Å²) in [5, 5.41) is 7.86. The van der Waals surface area contributed by atoms with Gasteiger partial charge in [0.25, 0.3) is 0 Å². The van der Waals surface area contributed by atoms with E-state index in [9.17, 15) is 14.4 Å². The molecule has 0 aliphatic rings. The van der Waals surface area contributed by atoms with Crippen molar-refractivity contribution in [2.45, 2.75) is 34.1 Å². The molecule has 0 amide bonds. The molecule has 0 radical (unpaired) electrons. The summed E-state index contributed by atoms with van der Waals surface area (Å²) in [4.78, 5) is 29.6. The lowest BCUT2D eigenvalue weighted by molar-refractivity contribution is -0.142. The van der Waals surface area contributed by atoms with Gasteiger partial charge in [0.05, 0.1) is 6.61 Å². The Morgan fingerprint density at radius 2 is 1.67 bits per heavy atom. The maximum atomic E-state index is 10.1. The molecule has 0 aliphatic carbocycles. The molecule has 0 bridgehead atoms. The van der Waals surface area contributed by atoms with Crippen molar-refractivity contribution >= 4 is 17.7 Å². The Morgan fingerprint density at radius 1 is 1.20 bits per heavy atom. The highest BCUT2D eigenvalue weighted by molar-refractivity contribution is 5.93. The van der Waals surface area contributed by atoms with Crippen LogP contribution in [0.5, 0.6) is 0 Å². The fraction of sp³-hybridized carbons (Fsp3) is 0.700. The third kappa shape index (κ3) is 24.5. The minimum Gasteiger partial charge on any atom is -0.481 e. The molecule has 0 unspecified atom stereocenters. The number of hydrogen-bond donors (Lipinski definition) is 1. The lowest BCUT2D eigenvalue weighted by Gasteiger charge is -2.02. The molecule has 0 spiro atoms. The van der Waals surface area contributed by atoms with Crippen molar-refractivity contribution in [3.05, 3.63) is 0 Å². The summed E-state index contributed by atoms with van der Waals surface area (Å²) in [6.07, 6.45) is -0.361. The van der Waals surface area contributed by atoms with E-state index in [-0.39, 0.29) is 18.2 Å². The summed E-state index contributed by atoms with van der Waals surface area (Å²) in [5.74, 6) is -1.13. The molecule has 5 heteroatoms. The van der Waals surface area contributed by atoms with E-state index in [1.165, 1.54) is 13.8 Å². The number of carbonyl (C=O) groups is 3. The topological polar surface area (TPSA) is 80.7 Å². The maximum absolute atomic E-state index is 10.1. The third-order valence-electron chi connectivity index (χ3n) is 1.02. The van der Waals surface area contributed by atoms with Crippen LogP contribution in [0.25, 0.3) is 0 Å². The van der Waals surface area contributed by atoms with Crippen LogP contribution in [0.1, 0.15) is 34.1 Å². The predicted octanol–water partition coefficient (Wildman–Crippen LogP) is 1.26. The monoisotopic (exact) mass is 218 g/mol. The van der Waals surface area contributed by atoms with Gasteiger partial charge >= 0.3 is 11.9 Å². The van der Waals surface area contributed by atoms with Crippen molar-refractivity contribution in [3.63, 3.8) is 0 Å². The van der Waals surface area contributed by atoms with Gasteiger partial charge in [0.1, 0.15) is 12.2 Å². The van der Waals surface area contributed by atoms with Gasteiger partial charge in [-0.1, -0.05) is 13.8 Å². The highest BCUT2D eigenvalue weighted by Crippen LogP contribution is 1.91. The number of carboxylic acids is 1. The molecular formula is C10H18O5. The lowest BCUT2D eigenvalue weighted by atomic mass is 10.2. The normalized spacial score (nSPS) is 8.87. The molecule has 0 saturated carbocycles. The second-order valence-corrected chi connectivity index (χ2v) is 3.47. The van der Waals surface area contributed by atoms with Gasteiger partial charge in [0, 0.05) is 6.92 Å². The Bertz CT molecular complexity index is 208. The van der Waals surface area contributed by atoms with Crippen molar-refractivity contribution < 1.29 is 24.2 Å². The highest BCUT2D eigenvalue weighted by atomic mass is 16.5. The Labute approximate surface area is 89.4 Å². The summed E-state index contributed by atoms with van der Waals surface area (Å²) in [5.41, 5.74) is 0. The number of hydrogen-bond acceptors (Lipinski definition) is 4. The number of aliphatic carboxylic acids is 1. The number of ketones is 1. The summed E-state index contributed by atoms with van der Waals surface area (Å²) in [6.45, 7) is 7.21. The SMILES string of the molecule is CC(=O)CC(=O)O.CC(=O)OCC(C)C. The van der Waals surface area contributed by atoms with E-state index in [0.717, 1.165) is 0 Å². The number of carbonyl (C=O) groups excluding carboxylic acids is 2. The Morgan fingerprint density at radius 3 is 1.73 bits per heavy atom. The molecule has 0 heterocycles. The molecular weight excluding hydrogens is 200 g/mol. The van der Waals surface area contributed by atoms with Gasteiger partial charge in [0.15, 0.2) is 0 Å².